The molecule has 2 aromatic rings. The zero-order valence-corrected chi connectivity index (χ0v) is 12.7. The van der Waals surface area contributed by atoms with E-state index in [0.717, 1.165) is 6.07 Å². The zero-order valence-electron chi connectivity index (χ0n) is 11.9. The summed E-state index contributed by atoms with van der Waals surface area (Å²) < 4.78 is 23.1. The van der Waals surface area contributed by atoms with Crippen molar-refractivity contribution in [3.8, 4) is 0 Å². The molecule has 0 saturated heterocycles. The van der Waals surface area contributed by atoms with Crippen molar-refractivity contribution >= 4 is 29.2 Å². The number of anilines is 1. The third kappa shape index (κ3) is 3.85. The molecular formula is C15H13ClFNO4. The normalized spacial score (nSPS) is 10.4. The highest BCUT2D eigenvalue weighted by Crippen LogP contribution is 2.19. The van der Waals surface area contributed by atoms with Crippen LogP contribution in [0.1, 0.15) is 21.9 Å². The molecule has 0 saturated carbocycles. The summed E-state index contributed by atoms with van der Waals surface area (Å²) >= 11 is 5.60. The number of furan rings is 1. The Bertz CT molecular complexity index is 726. The third-order valence-electron chi connectivity index (χ3n) is 2.80. The maximum absolute atomic E-state index is 13.0. The second-order valence-electron chi connectivity index (χ2n) is 4.58. The van der Waals surface area contributed by atoms with Gasteiger partial charge in [-0.15, -0.1) is 0 Å². The Labute approximate surface area is 131 Å². The molecule has 0 aliphatic heterocycles. The number of halogens is 2. The molecule has 0 radical (unpaired) electrons. The summed E-state index contributed by atoms with van der Waals surface area (Å²) in [5, 5.41) is 2.33. The van der Waals surface area contributed by atoms with Gasteiger partial charge in [0.2, 0.25) is 0 Å². The van der Waals surface area contributed by atoms with Crippen molar-refractivity contribution in [2.75, 3.05) is 11.9 Å². The molecule has 116 valence electrons. The SMILES string of the molecule is Cc1cc(C(=O)OCC(=O)Nc2ccc(F)c(Cl)c2)c(C)o1. The smallest absolute Gasteiger partial charge is 0.342 e. The average Bonchev–Trinajstić information content (AvgIpc) is 2.79. The summed E-state index contributed by atoms with van der Waals surface area (Å²) in [7, 11) is 0. The Hall–Kier alpha value is -2.34. The van der Waals surface area contributed by atoms with Crippen LogP contribution in [0.15, 0.2) is 28.7 Å². The molecule has 5 nitrogen and oxygen atoms in total. The van der Waals surface area contributed by atoms with Crippen molar-refractivity contribution in [2.24, 2.45) is 0 Å². The quantitative estimate of drug-likeness (QED) is 0.874. The highest BCUT2D eigenvalue weighted by molar-refractivity contribution is 6.31. The van der Waals surface area contributed by atoms with Crippen molar-refractivity contribution in [3.05, 3.63) is 52.2 Å². The Morgan fingerprint density at radius 3 is 2.64 bits per heavy atom. The summed E-state index contributed by atoms with van der Waals surface area (Å²) in [4.78, 5) is 23.5. The van der Waals surface area contributed by atoms with Crippen LogP contribution < -0.4 is 5.32 Å². The fourth-order valence-electron chi connectivity index (χ4n) is 1.81. The van der Waals surface area contributed by atoms with Crippen LogP contribution in [0.3, 0.4) is 0 Å². The molecule has 0 unspecified atom stereocenters. The number of benzene rings is 1. The fraction of sp³-hybridized carbons (Fsp3) is 0.200. The van der Waals surface area contributed by atoms with Gasteiger partial charge in [0.05, 0.1) is 5.02 Å². The van der Waals surface area contributed by atoms with E-state index in [2.05, 4.69) is 5.32 Å². The van der Waals surface area contributed by atoms with E-state index in [4.69, 9.17) is 20.8 Å². The lowest BCUT2D eigenvalue weighted by molar-refractivity contribution is -0.119. The molecular weight excluding hydrogens is 313 g/mol. The van der Waals surface area contributed by atoms with Crippen molar-refractivity contribution in [1.29, 1.82) is 0 Å². The number of aryl methyl sites for hydroxylation is 2. The molecule has 0 aliphatic rings. The van der Waals surface area contributed by atoms with Gasteiger partial charge in [-0.1, -0.05) is 11.6 Å². The number of ether oxygens (including phenoxy) is 1. The van der Waals surface area contributed by atoms with Crippen LogP contribution in [0, 0.1) is 19.7 Å². The van der Waals surface area contributed by atoms with Crippen LogP contribution in [0.4, 0.5) is 10.1 Å². The molecule has 22 heavy (non-hydrogen) atoms. The van der Waals surface area contributed by atoms with Gasteiger partial charge in [0.25, 0.3) is 5.91 Å². The maximum atomic E-state index is 13.0. The van der Waals surface area contributed by atoms with E-state index in [1.807, 2.05) is 0 Å². The molecule has 1 aromatic heterocycles. The predicted molar refractivity (Wildman–Crippen MR) is 78.5 cm³/mol. The molecule has 0 aliphatic carbocycles. The van der Waals surface area contributed by atoms with Gasteiger partial charge in [-0.05, 0) is 38.1 Å². The van der Waals surface area contributed by atoms with E-state index in [1.165, 1.54) is 18.2 Å². The van der Waals surface area contributed by atoms with Gasteiger partial charge in [-0.3, -0.25) is 4.79 Å². The standard InChI is InChI=1S/C15H13ClFNO4/c1-8-5-11(9(2)22-8)15(20)21-7-14(19)18-10-3-4-13(17)12(16)6-10/h3-6H,7H2,1-2H3,(H,18,19). The van der Waals surface area contributed by atoms with Gasteiger partial charge in [0.15, 0.2) is 6.61 Å². The van der Waals surface area contributed by atoms with E-state index in [1.54, 1.807) is 13.8 Å². The number of esters is 1. The summed E-state index contributed by atoms with van der Waals surface area (Å²) in [6, 6.07) is 5.28. The first-order valence-corrected chi connectivity index (χ1v) is 6.73. The lowest BCUT2D eigenvalue weighted by Crippen LogP contribution is -2.21. The topological polar surface area (TPSA) is 68.5 Å². The Kier molecular flexibility index (Phi) is 4.82. The van der Waals surface area contributed by atoms with E-state index in [0.29, 0.717) is 17.2 Å². The average molecular weight is 326 g/mol. The zero-order chi connectivity index (χ0) is 16.3. The van der Waals surface area contributed by atoms with E-state index in [9.17, 15) is 14.0 Å². The lowest BCUT2D eigenvalue weighted by atomic mass is 10.2. The first-order chi connectivity index (χ1) is 10.4. The van der Waals surface area contributed by atoms with Gasteiger partial charge in [-0.2, -0.15) is 0 Å². The summed E-state index contributed by atoms with van der Waals surface area (Å²) in [5.41, 5.74) is 0.581. The number of carbonyl (C=O) groups excluding carboxylic acids is 2. The predicted octanol–water partition coefficient (Wildman–Crippen LogP) is 3.48. The molecule has 1 heterocycles. The number of rotatable bonds is 4. The number of nitrogens with one attached hydrogen (secondary N) is 1. The molecule has 0 spiro atoms. The van der Waals surface area contributed by atoms with Crippen LogP contribution in [-0.4, -0.2) is 18.5 Å². The minimum Gasteiger partial charge on any atom is -0.466 e. The van der Waals surface area contributed by atoms with Crippen molar-refractivity contribution in [2.45, 2.75) is 13.8 Å². The molecule has 1 amide bonds. The van der Waals surface area contributed by atoms with Crippen LogP contribution in [0.2, 0.25) is 5.02 Å². The number of amides is 1. The summed E-state index contributed by atoms with van der Waals surface area (Å²) in [6.45, 7) is 2.86. The van der Waals surface area contributed by atoms with Gasteiger partial charge in [0.1, 0.15) is 22.9 Å². The van der Waals surface area contributed by atoms with Crippen LogP contribution in [0.5, 0.6) is 0 Å². The van der Waals surface area contributed by atoms with E-state index in [-0.39, 0.29) is 10.6 Å². The molecule has 2 rings (SSSR count). The second-order valence-corrected chi connectivity index (χ2v) is 4.99. The minimum absolute atomic E-state index is 0.112. The van der Waals surface area contributed by atoms with Crippen molar-refractivity contribution < 1.29 is 23.1 Å². The molecule has 1 aromatic carbocycles. The van der Waals surface area contributed by atoms with Crippen molar-refractivity contribution in [1.82, 2.24) is 0 Å². The summed E-state index contributed by atoms with van der Waals surface area (Å²) in [5.74, 6) is -0.796. The van der Waals surface area contributed by atoms with Crippen molar-refractivity contribution in [3.63, 3.8) is 0 Å². The highest BCUT2D eigenvalue weighted by atomic mass is 35.5. The monoisotopic (exact) mass is 325 g/mol. The minimum atomic E-state index is -0.651. The molecule has 0 fully saturated rings. The van der Waals surface area contributed by atoms with Crippen LogP contribution in [0.25, 0.3) is 0 Å². The number of hydrogen-bond acceptors (Lipinski definition) is 4. The van der Waals surface area contributed by atoms with Gasteiger partial charge in [0, 0.05) is 5.69 Å². The highest BCUT2D eigenvalue weighted by Gasteiger charge is 2.16. The van der Waals surface area contributed by atoms with Gasteiger partial charge >= 0.3 is 5.97 Å². The number of hydrogen-bond donors (Lipinski definition) is 1. The fourth-order valence-corrected chi connectivity index (χ4v) is 1.99. The molecule has 7 heteroatoms. The Morgan fingerprint density at radius 2 is 2.05 bits per heavy atom. The Balaban J connectivity index is 1.91. The second kappa shape index (κ2) is 6.62. The molecule has 0 bridgehead atoms. The third-order valence-corrected chi connectivity index (χ3v) is 3.09. The van der Waals surface area contributed by atoms with Crippen LogP contribution >= 0.6 is 11.6 Å². The van der Waals surface area contributed by atoms with Crippen LogP contribution in [-0.2, 0) is 9.53 Å². The lowest BCUT2D eigenvalue weighted by Gasteiger charge is -2.07. The van der Waals surface area contributed by atoms with E-state index < -0.39 is 24.3 Å². The van der Waals surface area contributed by atoms with Gasteiger partial charge in [-0.25, -0.2) is 9.18 Å². The molecule has 1 N–H and O–H groups in total. The Morgan fingerprint density at radius 1 is 1.32 bits per heavy atom. The first-order valence-electron chi connectivity index (χ1n) is 6.36. The van der Waals surface area contributed by atoms with Gasteiger partial charge < -0.3 is 14.5 Å². The largest absolute Gasteiger partial charge is 0.466 e. The maximum Gasteiger partial charge on any atom is 0.342 e. The number of carbonyl (C=O) groups is 2. The molecule has 0 atom stereocenters. The van der Waals surface area contributed by atoms with E-state index >= 15 is 0 Å². The summed E-state index contributed by atoms with van der Waals surface area (Å²) in [6.07, 6.45) is 0. The first kappa shape index (κ1) is 16.0.